The van der Waals surface area contributed by atoms with Crippen molar-refractivity contribution in [1.82, 2.24) is 15.5 Å². The van der Waals surface area contributed by atoms with Crippen molar-refractivity contribution in [2.24, 2.45) is 0 Å². The van der Waals surface area contributed by atoms with Gasteiger partial charge in [0.1, 0.15) is 12.4 Å². The van der Waals surface area contributed by atoms with E-state index in [0.717, 1.165) is 35.9 Å². The SMILES string of the molecule is CN(C)CCOc1ccc(CNC(=O)CC2CSCCN2)cc1. The van der Waals surface area contributed by atoms with E-state index >= 15 is 0 Å². The van der Waals surface area contributed by atoms with E-state index < -0.39 is 0 Å². The first kappa shape index (κ1) is 18.1. The van der Waals surface area contributed by atoms with Gasteiger partial charge in [0.25, 0.3) is 0 Å². The van der Waals surface area contributed by atoms with E-state index in [1.165, 1.54) is 0 Å². The Bertz CT molecular complexity index is 473. The molecular formula is C17H27N3O2S. The zero-order valence-corrected chi connectivity index (χ0v) is 14.8. The molecule has 0 bridgehead atoms. The number of thioether (sulfide) groups is 1. The molecule has 128 valence electrons. The molecule has 1 atom stereocenters. The summed E-state index contributed by atoms with van der Waals surface area (Å²) < 4.78 is 5.66. The van der Waals surface area contributed by atoms with Crippen LogP contribution in [0.4, 0.5) is 0 Å². The van der Waals surface area contributed by atoms with Crippen LogP contribution in [-0.2, 0) is 11.3 Å². The van der Waals surface area contributed by atoms with Crippen LogP contribution in [0.25, 0.3) is 0 Å². The number of nitrogens with one attached hydrogen (secondary N) is 2. The molecule has 1 aliphatic heterocycles. The zero-order valence-electron chi connectivity index (χ0n) is 14.0. The van der Waals surface area contributed by atoms with Gasteiger partial charge in [-0.3, -0.25) is 4.79 Å². The predicted octanol–water partition coefficient (Wildman–Crippen LogP) is 1.34. The van der Waals surface area contributed by atoms with E-state index in [1.54, 1.807) is 0 Å². The van der Waals surface area contributed by atoms with Crippen molar-refractivity contribution in [2.75, 3.05) is 45.3 Å². The van der Waals surface area contributed by atoms with Gasteiger partial charge in [-0.1, -0.05) is 12.1 Å². The Hall–Kier alpha value is -1.24. The van der Waals surface area contributed by atoms with Gasteiger partial charge in [-0.15, -0.1) is 0 Å². The molecule has 2 N–H and O–H groups in total. The van der Waals surface area contributed by atoms with Gasteiger partial charge in [-0.2, -0.15) is 11.8 Å². The van der Waals surface area contributed by atoms with Crippen molar-refractivity contribution in [3.63, 3.8) is 0 Å². The molecule has 1 saturated heterocycles. The van der Waals surface area contributed by atoms with Crippen molar-refractivity contribution in [3.8, 4) is 5.75 Å². The summed E-state index contributed by atoms with van der Waals surface area (Å²) in [4.78, 5) is 14.1. The zero-order chi connectivity index (χ0) is 16.5. The number of hydrogen-bond donors (Lipinski definition) is 2. The van der Waals surface area contributed by atoms with Crippen LogP contribution >= 0.6 is 11.8 Å². The maximum Gasteiger partial charge on any atom is 0.221 e. The van der Waals surface area contributed by atoms with E-state index in [2.05, 4.69) is 15.5 Å². The van der Waals surface area contributed by atoms with E-state index in [4.69, 9.17) is 4.74 Å². The molecule has 1 aromatic rings. The van der Waals surface area contributed by atoms with Crippen LogP contribution in [0.2, 0.25) is 0 Å². The number of hydrogen-bond acceptors (Lipinski definition) is 5. The smallest absolute Gasteiger partial charge is 0.221 e. The summed E-state index contributed by atoms with van der Waals surface area (Å²) in [5, 5.41) is 6.37. The first-order valence-electron chi connectivity index (χ1n) is 8.08. The minimum atomic E-state index is 0.108. The Morgan fingerprint density at radius 2 is 2.17 bits per heavy atom. The normalized spacial score (nSPS) is 18.0. The third-order valence-electron chi connectivity index (χ3n) is 3.65. The van der Waals surface area contributed by atoms with Gasteiger partial charge in [0.15, 0.2) is 0 Å². The van der Waals surface area contributed by atoms with Gasteiger partial charge in [0.05, 0.1) is 0 Å². The van der Waals surface area contributed by atoms with Crippen LogP contribution in [0.15, 0.2) is 24.3 Å². The van der Waals surface area contributed by atoms with Crippen molar-refractivity contribution >= 4 is 17.7 Å². The lowest BCUT2D eigenvalue weighted by atomic mass is 10.2. The molecule has 2 rings (SSSR count). The Morgan fingerprint density at radius 3 is 2.83 bits per heavy atom. The first-order valence-corrected chi connectivity index (χ1v) is 9.23. The molecule has 1 aliphatic rings. The summed E-state index contributed by atoms with van der Waals surface area (Å²) in [7, 11) is 4.05. The molecule has 23 heavy (non-hydrogen) atoms. The van der Waals surface area contributed by atoms with E-state index in [-0.39, 0.29) is 5.91 Å². The molecule has 1 amide bonds. The monoisotopic (exact) mass is 337 g/mol. The first-order chi connectivity index (χ1) is 11.1. The number of ether oxygens (including phenoxy) is 1. The van der Waals surface area contributed by atoms with Gasteiger partial charge in [-0.05, 0) is 31.8 Å². The standard InChI is InChI=1S/C17H27N3O2S/c1-20(2)8-9-22-16-5-3-14(4-6-16)12-19-17(21)11-15-13-23-10-7-18-15/h3-6,15,18H,7-13H2,1-2H3,(H,19,21). The largest absolute Gasteiger partial charge is 0.492 e. The molecule has 0 aromatic heterocycles. The second kappa shape index (κ2) is 9.80. The highest BCUT2D eigenvalue weighted by atomic mass is 32.2. The van der Waals surface area contributed by atoms with E-state index in [0.29, 0.717) is 25.6 Å². The molecule has 1 aromatic carbocycles. The van der Waals surface area contributed by atoms with Crippen molar-refractivity contribution in [1.29, 1.82) is 0 Å². The van der Waals surface area contributed by atoms with E-state index in [1.807, 2.05) is 50.1 Å². The van der Waals surface area contributed by atoms with Crippen molar-refractivity contribution < 1.29 is 9.53 Å². The molecule has 1 fully saturated rings. The second-order valence-electron chi connectivity index (χ2n) is 6.00. The number of carbonyl (C=O) groups is 1. The number of amides is 1. The minimum absolute atomic E-state index is 0.108. The Balaban J connectivity index is 1.67. The molecule has 1 heterocycles. The van der Waals surface area contributed by atoms with Gasteiger partial charge in [0.2, 0.25) is 5.91 Å². The van der Waals surface area contributed by atoms with Crippen molar-refractivity contribution in [2.45, 2.75) is 19.0 Å². The predicted molar refractivity (Wildman–Crippen MR) is 96.1 cm³/mol. The Kier molecular flexibility index (Phi) is 7.71. The fraction of sp³-hybridized carbons (Fsp3) is 0.588. The van der Waals surface area contributed by atoms with Crippen LogP contribution in [-0.4, -0.2) is 62.1 Å². The highest BCUT2D eigenvalue weighted by Crippen LogP contribution is 2.13. The number of likely N-dealkylation sites (N-methyl/N-ethyl adjacent to an activating group) is 1. The van der Waals surface area contributed by atoms with Crippen LogP contribution in [0.3, 0.4) is 0 Å². The summed E-state index contributed by atoms with van der Waals surface area (Å²) in [5.41, 5.74) is 1.09. The van der Waals surface area contributed by atoms with Crippen LogP contribution in [0.5, 0.6) is 5.75 Å². The second-order valence-corrected chi connectivity index (χ2v) is 7.15. The number of carbonyl (C=O) groups excluding carboxylic acids is 1. The van der Waals surface area contributed by atoms with Gasteiger partial charge >= 0.3 is 0 Å². The third kappa shape index (κ3) is 7.24. The summed E-state index contributed by atoms with van der Waals surface area (Å²) in [5.74, 6) is 3.13. The minimum Gasteiger partial charge on any atom is -0.492 e. The van der Waals surface area contributed by atoms with Crippen LogP contribution in [0, 0.1) is 0 Å². The molecule has 1 unspecified atom stereocenters. The summed E-state index contributed by atoms with van der Waals surface area (Å²) >= 11 is 1.91. The fourth-order valence-corrected chi connectivity index (χ4v) is 3.25. The highest BCUT2D eigenvalue weighted by Gasteiger charge is 2.16. The lowest BCUT2D eigenvalue weighted by molar-refractivity contribution is -0.121. The lowest BCUT2D eigenvalue weighted by Crippen LogP contribution is -2.41. The average Bonchev–Trinajstić information content (AvgIpc) is 2.55. The third-order valence-corrected chi connectivity index (χ3v) is 4.78. The topological polar surface area (TPSA) is 53.6 Å². The summed E-state index contributed by atoms with van der Waals surface area (Å²) in [6.45, 7) is 3.13. The molecule has 0 aliphatic carbocycles. The number of rotatable bonds is 8. The van der Waals surface area contributed by atoms with E-state index in [9.17, 15) is 4.79 Å². The maximum atomic E-state index is 12.0. The van der Waals surface area contributed by atoms with Gasteiger partial charge in [-0.25, -0.2) is 0 Å². The quantitative estimate of drug-likeness (QED) is 0.750. The highest BCUT2D eigenvalue weighted by molar-refractivity contribution is 7.99. The number of benzene rings is 1. The molecule has 6 heteroatoms. The van der Waals surface area contributed by atoms with Gasteiger partial charge in [0, 0.05) is 43.6 Å². The Labute approximate surface area is 143 Å². The lowest BCUT2D eigenvalue weighted by Gasteiger charge is -2.22. The Morgan fingerprint density at radius 1 is 1.39 bits per heavy atom. The fourth-order valence-electron chi connectivity index (χ4n) is 2.30. The molecule has 0 radical (unpaired) electrons. The van der Waals surface area contributed by atoms with Crippen LogP contribution in [0.1, 0.15) is 12.0 Å². The molecule has 0 spiro atoms. The van der Waals surface area contributed by atoms with Crippen LogP contribution < -0.4 is 15.4 Å². The summed E-state index contributed by atoms with van der Waals surface area (Å²) in [6, 6.07) is 8.22. The van der Waals surface area contributed by atoms with Crippen molar-refractivity contribution in [3.05, 3.63) is 29.8 Å². The molecule has 5 nitrogen and oxygen atoms in total. The molecule has 0 saturated carbocycles. The molecular weight excluding hydrogens is 310 g/mol. The summed E-state index contributed by atoms with van der Waals surface area (Å²) in [6.07, 6.45) is 0.554. The average molecular weight is 337 g/mol. The van der Waals surface area contributed by atoms with Gasteiger partial charge < -0.3 is 20.3 Å². The maximum absolute atomic E-state index is 12.0. The number of nitrogens with zero attached hydrogens (tertiary/aromatic N) is 1.